The molecule has 0 radical (unpaired) electrons. The maximum absolute atomic E-state index is 10.8. The van der Waals surface area contributed by atoms with Crippen molar-refractivity contribution >= 4 is 22.9 Å². The van der Waals surface area contributed by atoms with Crippen LogP contribution in [0.3, 0.4) is 0 Å². The number of fused-ring (bicyclic) bond motifs is 1. The molecule has 0 aliphatic carbocycles. The van der Waals surface area contributed by atoms with Crippen molar-refractivity contribution in [1.82, 2.24) is 29.7 Å². The zero-order chi connectivity index (χ0) is 24.5. The van der Waals surface area contributed by atoms with Crippen molar-refractivity contribution in [2.75, 3.05) is 23.9 Å². The van der Waals surface area contributed by atoms with Crippen molar-refractivity contribution in [2.24, 2.45) is 0 Å². The summed E-state index contributed by atoms with van der Waals surface area (Å²) in [5.74, 6) is 0.842. The van der Waals surface area contributed by atoms with Crippen LogP contribution in [-0.2, 0) is 17.6 Å². The number of hydrogen-bond acceptors (Lipinski definition) is 12. The third-order valence-electron chi connectivity index (χ3n) is 5.96. The van der Waals surface area contributed by atoms with Crippen LogP contribution in [0.1, 0.15) is 36.5 Å². The summed E-state index contributed by atoms with van der Waals surface area (Å²) in [6.45, 7) is 1.99. The van der Waals surface area contributed by atoms with E-state index in [1.54, 1.807) is 4.90 Å². The van der Waals surface area contributed by atoms with E-state index in [1.165, 1.54) is 10.9 Å². The molecular formula is C22H26N8O5. The Kier molecular flexibility index (Phi) is 6.30. The highest BCUT2D eigenvalue weighted by Gasteiger charge is 2.47. The molecule has 3 aromatic heterocycles. The van der Waals surface area contributed by atoms with E-state index in [0.29, 0.717) is 30.7 Å². The van der Waals surface area contributed by atoms with E-state index >= 15 is 0 Å². The van der Waals surface area contributed by atoms with Gasteiger partial charge in [-0.3, -0.25) is 4.57 Å². The summed E-state index contributed by atoms with van der Waals surface area (Å²) in [6, 6.07) is 9.83. The summed E-state index contributed by atoms with van der Waals surface area (Å²) in [5.41, 5.74) is 7.82. The van der Waals surface area contributed by atoms with Crippen LogP contribution >= 0.6 is 0 Å². The summed E-state index contributed by atoms with van der Waals surface area (Å²) in [6.07, 6.45) is -2.12. The summed E-state index contributed by atoms with van der Waals surface area (Å²) < 4.78 is 12.6. The maximum atomic E-state index is 10.8. The van der Waals surface area contributed by atoms with Crippen LogP contribution < -0.4 is 10.6 Å². The molecule has 0 amide bonds. The number of aryl methyl sites for hydroxylation is 1. The molecule has 4 heterocycles. The van der Waals surface area contributed by atoms with Gasteiger partial charge in [0.2, 0.25) is 5.95 Å². The van der Waals surface area contributed by atoms with E-state index in [2.05, 4.69) is 25.1 Å². The molecule has 0 bridgehead atoms. The van der Waals surface area contributed by atoms with Crippen LogP contribution in [0.15, 0.2) is 41.2 Å². The quantitative estimate of drug-likeness (QED) is 0.253. The SMILES string of the molecule is CCc1noc([C@H]2O[C@@H](n3cnc4c(N)nc(N(CO)CCc5ccccc5)nc43)[C@H](O)[C@@H]2O)n1. The maximum Gasteiger partial charge on any atom is 0.258 e. The predicted octanol–water partition coefficient (Wildman–Crippen LogP) is 0.345. The van der Waals surface area contributed by atoms with Gasteiger partial charge in [0.1, 0.15) is 24.5 Å². The second-order valence-corrected chi connectivity index (χ2v) is 8.20. The molecule has 0 unspecified atom stereocenters. The summed E-state index contributed by atoms with van der Waals surface area (Å²) in [7, 11) is 0. The van der Waals surface area contributed by atoms with Crippen molar-refractivity contribution in [3.05, 3.63) is 53.9 Å². The molecule has 35 heavy (non-hydrogen) atoms. The monoisotopic (exact) mass is 482 g/mol. The van der Waals surface area contributed by atoms with Crippen molar-refractivity contribution in [3.63, 3.8) is 0 Å². The van der Waals surface area contributed by atoms with Gasteiger partial charge in [-0.25, -0.2) is 4.98 Å². The molecule has 1 fully saturated rings. The largest absolute Gasteiger partial charge is 0.387 e. The lowest BCUT2D eigenvalue weighted by molar-refractivity contribution is -0.0451. The fourth-order valence-corrected chi connectivity index (χ4v) is 4.02. The Morgan fingerprint density at radius 2 is 1.91 bits per heavy atom. The number of aliphatic hydroxyl groups is 3. The minimum absolute atomic E-state index is 0.0718. The van der Waals surface area contributed by atoms with Crippen LogP contribution in [0.2, 0.25) is 0 Å². The molecule has 1 aromatic carbocycles. The fraction of sp³-hybridized carbons (Fsp3) is 0.409. The molecule has 0 saturated carbocycles. The molecule has 184 valence electrons. The Hall–Kier alpha value is -3.65. The molecule has 1 aliphatic heterocycles. The van der Waals surface area contributed by atoms with Crippen molar-refractivity contribution in [2.45, 2.75) is 44.3 Å². The number of aromatic nitrogens is 6. The summed E-state index contributed by atoms with van der Waals surface area (Å²) in [5, 5.41) is 35.2. The lowest BCUT2D eigenvalue weighted by Gasteiger charge is -2.21. The minimum Gasteiger partial charge on any atom is -0.387 e. The van der Waals surface area contributed by atoms with E-state index in [1.807, 2.05) is 37.3 Å². The number of ether oxygens (including phenoxy) is 1. The standard InChI is InChI=1S/C22H26N8O5/c1-2-13-25-20(35-28-13)17-15(32)16(33)21(34-17)30-10-24-14-18(23)26-22(27-19(14)30)29(11-31)9-8-12-6-4-3-5-7-12/h3-7,10,15-17,21,31-33H,2,8-9,11H2,1H3,(H2,23,26,27)/t15-,16+,17-,21+/m0/s1. The van der Waals surface area contributed by atoms with E-state index in [9.17, 15) is 15.3 Å². The number of hydrogen-bond donors (Lipinski definition) is 4. The topological polar surface area (TPSA) is 182 Å². The third-order valence-corrected chi connectivity index (χ3v) is 5.96. The van der Waals surface area contributed by atoms with Gasteiger partial charge in [-0.1, -0.05) is 42.4 Å². The Morgan fingerprint density at radius 3 is 2.63 bits per heavy atom. The third kappa shape index (κ3) is 4.30. The number of nitrogens with zero attached hydrogens (tertiary/aromatic N) is 7. The number of nitrogens with two attached hydrogens (primary N) is 1. The van der Waals surface area contributed by atoms with Gasteiger partial charge in [-0.05, 0) is 12.0 Å². The molecule has 1 saturated heterocycles. The van der Waals surface area contributed by atoms with Gasteiger partial charge in [-0.2, -0.15) is 15.0 Å². The average Bonchev–Trinajstić information content (AvgIpc) is 3.59. The number of anilines is 2. The van der Waals surface area contributed by atoms with Crippen molar-refractivity contribution in [3.8, 4) is 0 Å². The van der Waals surface area contributed by atoms with Crippen LogP contribution in [0.25, 0.3) is 11.2 Å². The molecule has 5 rings (SSSR count). The lowest BCUT2D eigenvalue weighted by Crippen LogP contribution is -2.30. The fourth-order valence-electron chi connectivity index (χ4n) is 4.02. The van der Waals surface area contributed by atoms with Gasteiger partial charge in [0.15, 0.2) is 29.6 Å². The highest BCUT2D eigenvalue weighted by molar-refractivity contribution is 5.83. The van der Waals surface area contributed by atoms with Crippen LogP contribution in [0, 0.1) is 0 Å². The number of benzene rings is 1. The van der Waals surface area contributed by atoms with E-state index in [0.717, 1.165) is 5.56 Å². The van der Waals surface area contributed by atoms with Crippen molar-refractivity contribution in [1.29, 1.82) is 0 Å². The van der Waals surface area contributed by atoms with Crippen molar-refractivity contribution < 1.29 is 24.6 Å². The van der Waals surface area contributed by atoms with Crippen LogP contribution in [-0.4, -0.2) is 70.5 Å². The first-order valence-corrected chi connectivity index (χ1v) is 11.2. The molecule has 4 atom stereocenters. The molecule has 5 N–H and O–H groups in total. The Morgan fingerprint density at radius 1 is 1.11 bits per heavy atom. The summed E-state index contributed by atoms with van der Waals surface area (Å²) >= 11 is 0. The Balaban J connectivity index is 1.44. The number of aliphatic hydroxyl groups excluding tert-OH is 3. The Bertz CT molecular complexity index is 1300. The molecule has 0 spiro atoms. The first-order chi connectivity index (χ1) is 17.0. The minimum atomic E-state index is -1.33. The first kappa shape index (κ1) is 23.1. The highest BCUT2D eigenvalue weighted by atomic mass is 16.6. The van der Waals surface area contributed by atoms with Gasteiger partial charge in [0, 0.05) is 13.0 Å². The number of imidazole rings is 1. The van der Waals surface area contributed by atoms with Gasteiger partial charge in [-0.15, -0.1) is 0 Å². The zero-order valence-electron chi connectivity index (χ0n) is 19.0. The highest BCUT2D eigenvalue weighted by Crippen LogP contribution is 2.39. The number of rotatable bonds is 8. The molecule has 13 nitrogen and oxygen atoms in total. The second kappa shape index (κ2) is 9.54. The van der Waals surface area contributed by atoms with Gasteiger partial charge >= 0.3 is 0 Å². The van der Waals surface area contributed by atoms with E-state index in [4.69, 9.17) is 15.0 Å². The number of nitrogen functional groups attached to an aromatic ring is 1. The summed E-state index contributed by atoms with van der Waals surface area (Å²) in [4.78, 5) is 18.9. The zero-order valence-corrected chi connectivity index (χ0v) is 19.0. The van der Waals surface area contributed by atoms with E-state index < -0.39 is 24.5 Å². The van der Waals surface area contributed by atoms with Gasteiger partial charge in [0.05, 0.1) is 6.33 Å². The normalized spacial score (nSPS) is 22.2. The lowest BCUT2D eigenvalue weighted by atomic mass is 10.1. The van der Waals surface area contributed by atoms with Crippen LogP contribution in [0.5, 0.6) is 0 Å². The average molecular weight is 483 g/mol. The second-order valence-electron chi connectivity index (χ2n) is 8.20. The predicted molar refractivity (Wildman–Crippen MR) is 123 cm³/mol. The van der Waals surface area contributed by atoms with Crippen LogP contribution in [0.4, 0.5) is 11.8 Å². The Labute approximate surface area is 199 Å². The molecular weight excluding hydrogens is 456 g/mol. The molecule has 4 aromatic rings. The first-order valence-electron chi connectivity index (χ1n) is 11.2. The van der Waals surface area contributed by atoms with E-state index in [-0.39, 0.29) is 30.0 Å². The van der Waals surface area contributed by atoms with Gasteiger partial charge in [0.25, 0.3) is 5.89 Å². The molecule has 1 aliphatic rings. The smallest absolute Gasteiger partial charge is 0.258 e. The van der Waals surface area contributed by atoms with Gasteiger partial charge < -0.3 is 35.2 Å². The molecule has 13 heteroatoms.